The Hall–Kier alpha value is -0.500. The van der Waals surface area contributed by atoms with Crippen molar-refractivity contribution in [3.8, 4) is 0 Å². The van der Waals surface area contributed by atoms with Gasteiger partial charge in [0.2, 0.25) is 0 Å². The monoisotopic (exact) mass is 128 g/mol. The van der Waals surface area contributed by atoms with Crippen molar-refractivity contribution >= 4 is 0 Å². The molecule has 0 aliphatic heterocycles. The fourth-order valence-electron chi connectivity index (χ4n) is 0.834. The second kappa shape index (κ2) is 3.51. The summed E-state index contributed by atoms with van der Waals surface area (Å²) in [6.07, 6.45) is 0. The molecule has 0 rings (SSSR count). The lowest BCUT2D eigenvalue weighted by molar-refractivity contribution is 0.496. The van der Waals surface area contributed by atoms with Crippen LogP contribution in [0.4, 0.5) is 0 Å². The maximum absolute atomic E-state index is 5.48. The van der Waals surface area contributed by atoms with Crippen LogP contribution in [-0.4, -0.2) is 25.5 Å². The molecule has 0 aromatic rings. The van der Waals surface area contributed by atoms with Gasteiger partial charge in [0.15, 0.2) is 0 Å². The van der Waals surface area contributed by atoms with Gasteiger partial charge in [-0.3, -0.25) is 0 Å². The van der Waals surface area contributed by atoms with Crippen LogP contribution in [0.25, 0.3) is 0 Å². The molecule has 0 aromatic carbocycles. The molecule has 0 aliphatic carbocycles. The van der Waals surface area contributed by atoms with E-state index in [1.54, 1.807) is 0 Å². The van der Waals surface area contributed by atoms with E-state index in [0.717, 1.165) is 0 Å². The molecule has 0 fully saturated rings. The second-order valence-electron chi connectivity index (χ2n) is 2.55. The molecule has 54 valence electrons. The zero-order valence-corrected chi connectivity index (χ0v) is 6.73. The molecule has 0 heterocycles. The molecule has 0 bridgehead atoms. The average molecular weight is 128 g/mol. The maximum atomic E-state index is 5.48. The number of hydrogen-bond donors (Lipinski definition) is 1. The predicted octanol–water partition coefficient (Wildman–Crippen LogP) is 0.801. The highest BCUT2D eigenvalue weighted by Crippen LogP contribution is 2.02. The normalized spacial score (nSPS) is 9.00. The number of nitrogens with zero attached hydrogens (tertiary/aromatic N) is 1. The Kier molecular flexibility index (Phi) is 3.32. The van der Waals surface area contributed by atoms with Crippen LogP contribution in [0.3, 0.4) is 0 Å². The van der Waals surface area contributed by atoms with Crippen molar-refractivity contribution in [1.29, 1.82) is 0 Å². The van der Waals surface area contributed by atoms with E-state index in [-0.39, 0.29) is 0 Å². The molecular weight excluding hydrogens is 112 g/mol. The van der Waals surface area contributed by atoms with Crippen LogP contribution in [0.5, 0.6) is 0 Å². The summed E-state index contributed by atoms with van der Waals surface area (Å²) in [5.74, 6) is 0. The van der Waals surface area contributed by atoms with Crippen molar-refractivity contribution in [1.82, 2.24) is 4.90 Å². The molecule has 0 unspecified atom stereocenters. The molecule has 0 saturated carbocycles. The van der Waals surface area contributed by atoms with Gasteiger partial charge < -0.3 is 10.6 Å². The molecule has 9 heavy (non-hydrogen) atoms. The quantitative estimate of drug-likeness (QED) is 0.596. The first kappa shape index (κ1) is 8.50. The Morgan fingerprint density at radius 3 is 1.78 bits per heavy atom. The summed E-state index contributed by atoms with van der Waals surface area (Å²) in [6.45, 7) is 4.78. The van der Waals surface area contributed by atoms with Crippen LogP contribution in [-0.2, 0) is 0 Å². The van der Waals surface area contributed by atoms with Gasteiger partial charge in [0.05, 0.1) is 0 Å². The number of hydrogen-bond acceptors (Lipinski definition) is 2. The van der Waals surface area contributed by atoms with Gasteiger partial charge in [-0.1, -0.05) is 5.57 Å². The molecule has 2 heteroatoms. The second-order valence-corrected chi connectivity index (χ2v) is 2.55. The first-order chi connectivity index (χ1) is 4.09. The van der Waals surface area contributed by atoms with Gasteiger partial charge in [-0.2, -0.15) is 0 Å². The molecule has 2 nitrogen and oxygen atoms in total. The predicted molar refractivity (Wildman–Crippen MR) is 41.1 cm³/mol. The van der Waals surface area contributed by atoms with E-state index in [9.17, 15) is 0 Å². The Bertz CT molecular complexity index is 110. The smallest absolute Gasteiger partial charge is 0.0330 e. The Labute approximate surface area is 57.3 Å². The molecule has 0 spiro atoms. The van der Waals surface area contributed by atoms with Crippen molar-refractivity contribution in [3.05, 3.63) is 11.3 Å². The van der Waals surface area contributed by atoms with E-state index in [1.807, 2.05) is 14.1 Å². The molecule has 0 aromatic heterocycles. The third-order valence-electron chi connectivity index (χ3n) is 1.31. The summed E-state index contributed by atoms with van der Waals surface area (Å²) in [5.41, 5.74) is 7.99. The first-order valence-corrected chi connectivity index (χ1v) is 3.13. The standard InChI is InChI=1S/C7H16N2/c1-6(2)7(5-8)9(3)4/h5,8H2,1-4H3. The van der Waals surface area contributed by atoms with Crippen LogP contribution >= 0.6 is 0 Å². The fraction of sp³-hybridized carbons (Fsp3) is 0.714. The molecule has 2 N–H and O–H groups in total. The summed E-state index contributed by atoms with van der Waals surface area (Å²) in [6, 6.07) is 0. The van der Waals surface area contributed by atoms with Crippen molar-refractivity contribution in [2.24, 2.45) is 5.73 Å². The summed E-state index contributed by atoms with van der Waals surface area (Å²) in [5, 5.41) is 0. The van der Waals surface area contributed by atoms with Crippen LogP contribution in [0, 0.1) is 0 Å². The summed E-state index contributed by atoms with van der Waals surface area (Å²) in [7, 11) is 4.02. The molecule has 0 radical (unpaired) electrons. The number of nitrogens with two attached hydrogens (primary N) is 1. The molecule has 0 amide bonds. The van der Waals surface area contributed by atoms with Crippen LogP contribution in [0.1, 0.15) is 13.8 Å². The van der Waals surface area contributed by atoms with Crippen LogP contribution < -0.4 is 5.73 Å². The molecular formula is C7H16N2. The van der Waals surface area contributed by atoms with E-state index < -0.39 is 0 Å². The first-order valence-electron chi connectivity index (χ1n) is 3.13. The number of likely N-dealkylation sites (N-methyl/N-ethyl adjacent to an activating group) is 1. The van der Waals surface area contributed by atoms with E-state index >= 15 is 0 Å². The van der Waals surface area contributed by atoms with E-state index in [2.05, 4.69) is 18.7 Å². The van der Waals surface area contributed by atoms with Crippen molar-refractivity contribution in [2.75, 3.05) is 20.6 Å². The van der Waals surface area contributed by atoms with E-state index in [0.29, 0.717) is 6.54 Å². The lowest BCUT2D eigenvalue weighted by Crippen LogP contribution is -2.20. The topological polar surface area (TPSA) is 29.3 Å². The zero-order valence-electron chi connectivity index (χ0n) is 6.73. The van der Waals surface area contributed by atoms with Gasteiger partial charge in [0.1, 0.15) is 0 Å². The average Bonchev–Trinajstić information content (AvgIpc) is 1.64. The van der Waals surface area contributed by atoms with Gasteiger partial charge >= 0.3 is 0 Å². The minimum atomic E-state index is 0.634. The van der Waals surface area contributed by atoms with Gasteiger partial charge in [0, 0.05) is 26.3 Å². The van der Waals surface area contributed by atoms with Gasteiger partial charge in [-0.05, 0) is 13.8 Å². The highest BCUT2D eigenvalue weighted by Gasteiger charge is 1.96. The van der Waals surface area contributed by atoms with Crippen molar-refractivity contribution < 1.29 is 0 Å². The van der Waals surface area contributed by atoms with Crippen molar-refractivity contribution in [2.45, 2.75) is 13.8 Å². The summed E-state index contributed by atoms with van der Waals surface area (Å²) < 4.78 is 0. The summed E-state index contributed by atoms with van der Waals surface area (Å²) >= 11 is 0. The Morgan fingerprint density at radius 2 is 1.78 bits per heavy atom. The Morgan fingerprint density at radius 1 is 1.33 bits per heavy atom. The lowest BCUT2D eigenvalue weighted by atomic mass is 10.2. The number of allylic oxidation sites excluding steroid dienone is 1. The van der Waals surface area contributed by atoms with Crippen LogP contribution in [0.2, 0.25) is 0 Å². The SMILES string of the molecule is CC(C)=C(CN)N(C)C. The van der Waals surface area contributed by atoms with Gasteiger partial charge in [-0.15, -0.1) is 0 Å². The molecule has 0 saturated heterocycles. The van der Waals surface area contributed by atoms with E-state index in [1.165, 1.54) is 11.3 Å². The maximum Gasteiger partial charge on any atom is 0.0330 e. The van der Waals surface area contributed by atoms with Gasteiger partial charge in [0.25, 0.3) is 0 Å². The van der Waals surface area contributed by atoms with Gasteiger partial charge in [-0.25, -0.2) is 0 Å². The Balaban J connectivity index is 4.16. The van der Waals surface area contributed by atoms with Crippen LogP contribution in [0.15, 0.2) is 11.3 Å². The molecule has 0 atom stereocenters. The highest BCUT2D eigenvalue weighted by molar-refractivity contribution is 5.08. The van der Waals surface area contributed by atoms with E-state index in [4.69, 9.17) is 5.73 Å². The zero-order chi connectivity index (χ0) is 7.44. The minimum Gasteiger partial charge on any atom is -0.380 e. The lowest BCUT2D eigenvalue weighted by Gasteiger charge is -2.16. The third-order valence-corrected chi connectivity index (χ3v) is 1.31. The summed E-state index contributed by atoms with van der Waals surface area (Å²) in [4.78, 5) is 2.05. The highest BCUT2D eigenvalue weighted by atomic mass is 15.1. The fourth-order valence-corrected chi connectivity index (χ4v) is 0.834. The van der Waals surface area contributed by atoms with Crippen molar-refractivity contribution in [3.63, 3.8) is 0 Å². The molecule has 0 aliphatic rings. The third kappa shape index (κ3) is 2.51. The minimum absolute atomic E-state index is 0.634. The number of rotatable bonds is 2. The largest absolute Gasteiger partial charge is 0.380 e.